The zero-order valence-corrected chi connectivity index (χ0v) is 15.3. The molecule has 2 aromatic rings. The van der Waals surface area contributed by atoms with Gasteiger partial charge in [-0.3, -0.25) is 4.72 Å². The van der Waals surface area contributed by atoms with Crippen LogP contribution >= 0.6 is 0 Å². The molecule has 1 N–H and O–H groups in total. The van der Waals surface area contributed by atoms with Crippen LogP contribution in [0, 0.1) is 23.1 Å². The van der Waals surface area contributed by atoms with Gasteiger partial charge in [0.2, 0.25) is 0 Å². The van der Waals surface area contributed by atoms with Crippen molar-refractivity contribution in [3.8, 4) is 6.07 Å². The van der Waals surface area contributed by atoms with Crippen molar-refractivity contribution in [2.75, 3.05) is 22.7 Å². The van der Waals surface area contributed by atoms with Crippen molar-refractivity contribution in [1.29, 1.82) is 5.26 Å². The van der Waals surface area contributed by atoms with Gasteiger partial charge in [-0.1, -0.05) is 6.92 Å². The summed E-state index contributed by atoms with van der Waals surface area (Å²) in [6, 6.07) is 12.1. The standard InChI is InChI=1S/C19H20FN3O2S/c1-14-8-10-23(11-9-14)17-5-3-16(4-6-17)22-26(24,25)19-7-2-15(13-21)12-18(19)20/h2-7,12,14,22H,8-11H2,1H3. The summed E-state index contributed by atoms with van der Waals surface area (Å²) in [5, 5.41) is 8.75. The average molecular weight is 373 g/mol. The van der Waals surface area contributed by atoms with Gasteiger partial charge in [-0.2, -0.15) is 5.26 Å². The molecular weight excluding hydrogens is 353 g/mol. The summed E-state index contributed by atoms with van der Waals surface area (Å²) in [6.45, 7) is 4.23. The second-order valence-electron chi connectivity index (χ2n) is 6.58. The summed E-state index contributed by atoms with van der Waals surface area (Å²) >= 11 is 0. The number of piperidine rings is 1. The first-order chi connectivity index (χ1) is 12.4. The van der Waals surface area contributed by atoms with Gasteiger partial charge in [-0.05, 0) is 61.2 Å². The van der Waals surface area contributed by atoms with Crippen LogP contribution in [0.1, 0.15) is 25.3 Å². The fourth-order valence-corrected chi connectivity index (χ4v) is 4.12. The Balaban J connectivity index is 1.75. The van der Waals surface area contributed by atoms with E-state index in [-0.39, 0.29) is 5.56 Å². The van der Waals surface area contributed by atoms with E-state index >= 15 is 0 Å². The van der Waals surface area contributed by atoms with E-state index in [0.717, 1.165) is 49.7 Å². The molecule has 0 saturated carbocycles. The van der Waals surface area contributed by atoms with Crippen molar-refractivity contribution in [1.82, 2.24) is 0 Å². The lowest BCUT2D eigenvalue weighted by atomic mass is 9.99. The van der Waals surface area contributed by atoms with Crippen molar-refractivity contribution < 1.29 is 12.8 Å². The third-order valence-corrected chi connectivity index (χ3v) is 6.03. The predicted octanol–water partition coefficient (Wildman–Crippen LogP) is 3.73. The lowest BCUT2D eigenvalue weighted by Gasteiger charge is -2.32. The number of hydrogen-bond donors (Lipinski definition) is 1. The molecule has 1 saturated heterocycles. The quantitative estimate of drug-likeness (QED) is 0.886. The zero-order valence-electron chi connectivity index (χ0n) is 14.4. The number of nitrogens with zero attached hydrogens (tertiary/aromatic N) is 2. The lowest BCUT2D eigenvalue weighted by molar-refractivity contribution is 0.438. The fourth-order valence-electron chi connectivity index (χ4n) is 3.01. The van der Waals surface area contributed by atoms with Gasteiger partial charge in [0.15, 0.2) is 0 Å². The molecule has 2 aromatic carbocycles. The van der Waals surface area contributed by atoms with Gasteiger partial charge in [0.25, 0.3) is 10.0 Å². The van der Waals surface area contributed by atoms with Gasteiger partial charge >= 0.3 is 0 Å². The Kier molecular flexibility index (Phi) is 5.14. The molecule has 0 unspecified atom stereocenters. The summed E-state index contributed by atoms with van der Waals surface area (Å²) in [5.41, 5.74) is 1.48. The van der Waals surface area contributed by atoms with Crippen LogP contribution in [0.25, 0.3) is 0 Å². The summed E-state index contributed by atoms with van der Waals surface area (Å²) < 4.78 is 41.2. The van der Waals surface area contributed by atoms with Crippen molar-refractivity contribution in [2.45, 2.75) is 24.7 Å². The van der Waals surface area contributed by atoms with Crippen LogP contribution in [0.2, 0.25) is 0 Å². The number of hydrogen-bond acceptors (Lipinski definition) is 4. The summed E-state index contributed by atoms with van der Waals surface area (Å²) in [7, 11) is -4.06. The van der Waals surface area contributed by atoms with Gasteiger partial charge in [-0.15, -0.1) is 0 Å². The van der Waals surface area contributed by atoms with Gasteiger partial charge in [0, 0.05) is 24.5 Å². The maximum Gasteiger partial charge on any atom is 0.264 e. The van der Waals surface area contributed by atoms with E-state index in [4.69, 9.17) is 5.26 Å². The first kappa shape index (κ1) is 18.2. The highest BCUT2D eigenvalue weighted by molar-refractivity contribution is 7.92. The Morgan fingerprint density at radius 2 is 1.81 bits per heavy atom. The van der Waals surface area contributed by atoms with E-state index in [9.17, 15) is 12.8 Å². The molecule has 1 aliphatic heterocycles. The van der Waals surface area contributed by atoms with Crippen LogP contribution in [0.4, 0.5) is 15.8 Å². The topological polar surface area (TPSA) is 73.2 Å². The maximum atomic E-state index is 14.0. The molecule has 7 heteroatoms. The van der Waals surface area contributed by atoms with Gasteiger partial charge in [-0.25, -0.2) is 12.8 Å². The summed E-state index contributed by atoms with van der Waals surface area (Å²) in [4.78, 5) is 1.80. The second-order valence-corrected chi connectivity index (χ2v) is 8.23. The van der Waals surface area contributed by atoms with E-state index in [2.05, 4.69) is 16.5 Å². The largest absolute Gasteiger partial charge is 0.372 e. The smallest absolute Gasteiger partial charge is 0.264 e. The number of sulfonamides is 1. The Bertz CT molecular complexity index is 928. The molecule has 1 heterocycles. The number of benzene rings is 2. The lowest BCUT2D eigenvalue weighted by Crippen LogP contribution is -2.32. The molecule has 136 valence electrons. The van der Waals surface area contributed by atoms with E-state index in [1.54, 1.807) is 18.2 Å². The molecule has 26 heavy (non-hydrogen) atoms. The van der Waals surface area contributed by atoms with Crippen molar-refractivity contribution in [2.24, 2.45) is 5.92 Å². The first-order valence-corrected chi connectivity index (χ1v) is 9.95. The number of rotatable bonds is 4. The van der Waals surface area contributed by atoms with E-state index in [0.29, 0.717) is 5.69 Å². The van der Waals surface area contributed by atoms with Crippen molar-refractivity contribution >= 4 is 21.4 Å². The number of nitriles is 1. The molecule has 1 aliphatic rings. The van der Waals surface area contributed by atoms with Gasteiger partial charge < -0.3 is 4.90 Å². The van der Waals surface area contributed by atoms with Crippen molar-refractivity contribution in [3.63, 3.8) is 0 Å². The predicted molar refractivity (Wildman–Crippen MR) is 99.0 cm³/mol. The van der Waals surface area contributed by atoms with Crippen LogP contribution in [0.5, 0.6) is 0 Å². The van der Waals surface area contributed by atoms with Crippen LogP contribution < -0.4 is 9.62 Å². The zero-order chi connectivity index (χ0) is 18.7. The first-order valence-electron chi connectivity index (χ1n) is 8.46. The van der Waals surface area contributed by atoms with E-state index in [1.165, 1.54) is 6.07 Å². The molecule has 5 nitrogen and oxygen atoms in total. The minimum atomic E-state index is -4.06. The molecular formula is C19H20FN3O2S. The Morgan fingerprint density at radius 1 is 1.15 bits per heavy atom. The van der Waals surface area contributed by atoms with E-state index < -0.39 is 20.7 Å². The molecule has 0 radical (unpaired) electrons. The van der Waals surface area contributed by atoms with Crippen molar-refractivity contribution in [3.05, 3.63) is 53.8 Å². The average Bonchev–Trinajstić information content (AvgIpc) is 2.62. The van der Waals surface area contributed by atoms with Crippen LogP contribution in [0.15, 0.2) is 47.4 Å². The van der Waals surface area contributed by atoms with Crippen LogP contribution in [-0.4, -0.2) is 21.5 Å². The third kappa shape index (κ3) is 3.97. The molecule has 0 atom stereocenters. The van der Waals surface area contributed by atoms with E-state index in [1.807, 2.05) is 12.1 Å². The molecule has 3 rings (SSSR count). The molecule has 0 amide bonds. The molecule has 0 spiro atoms. The monoisotopic (exact) mass is 373 g/mol. The van der Waals surface area contributed by atoms with Crippen LogP contribution in [0.3, 0.4) is 0 Å². The third-order valence-electron chi connectivity index (χ3n) is 4.62. The SMILES string of the molecule is CC1CCN(c2ccc(NS(=O)(=O)c3ccc(C#N)cc3F)cc2)CC1. The molecule has 0 bridgehead atoms. The van der Waals surface area contributed by atoms with Crippen LogP contribution in [-0.2, 0) is 10.0 Å². The Morgan fingerprint density at radius 3 is 2.38 bits per heavy atom. The number of nitrogens with one attached hydrogen (secondary N) is 1. The minimum Gasteiger partial charge on any atom is -0.372 e. The minimum absolute atomic E-state index is 0.0710. The summed E-state index contributed by atoms with van der Waals surface area (Å²) in [5.74, 6) is -0.213. The second kappa shape index (κ2) is 7.34. The highest BCUT2D eigenvalue weighted by Gasteiger charge is 2.20. The highest BCUT2D eigenvalue weighted by Crippen LogP contribution is 2.25. The highest BCUT2D eigenvalue weighted by atomic mass is 32.2. The maximum absolute atomic E-state index is 14.0. The van der Waals surface area contributed by atoms with Gasteiger partial charge in [0.05, 0.1) is 11.6 Å². The number of halogens is 1. The number of anilines is 2. The Labute approximate surface area is 153 Å². The Hall–Kier alpha value is -2.59. The fraction of sp³-hybridized carbons (Fsp3) is 0.316. The summed E-state index contributed by atoms with van der Waals surface area (Å²) in [6.07, 6.45) is 2.29. The molecule has 1 fully saturated rings. The normalized spacial score (nSPS) is 15.5. The molecule has 0 aliphatic carbocycles. The molecule has 0 aromatic heterocycles. The van der Waals surface area contributed by atoms with Gasteiger partial charge in [0.1, 0.15) is 10.7 Å².